The van der Waals surface area contributed by atoms with E-state index < -0.39 is 0 Å². The fraction of sp³-hybridized carbons (Fsp3) is 0.462. The first kappa shape index (κ1) is 13.7. The summed E-state index contributed by atoms with van der Waals surface area (Å²) in [4.78, 5) is 4.33. The van der Waals surface area contributed by atoms with Gasteiger partial charge in [-0.1, -0.05) is 41.4 Å². The summed E-state index contributed by atoms with van der Waals surface area (Å²) in [6.07, 6.45) is 0. The summed E-state index contributed by atoms with van der Waals surface area (Å²) >= 11 is 9.90. The minimum absolute atomic E-state index is 0.440. The number of rotatable bonds is 2. The molecule has 1 aromatic carbocycles. The summed E-state index contributed by atoms with van der Waals surface area (Å²) in [5, 5.41) is 7.19. The van der Waals surface area contributed by atoms with Crippen molar-refractivity contribution in [2.45, 2.75) is 26.7 Å². The summed E-state index contributed by atoms with van der Waals surface area (Å²) in [5.74, 6) is 1.24. The third-order valence-corrected chi connectivity index (χ3v) is 3.98. The molecule has 0 bridgehead atoms. The van der Waals surface area contributed by atoms with E-state index in [1.54, 1.807) is 0 Å². The molecule has 0 saturated heterocycles. The van der Waals surface area contributed by atoms with Crippen LogP contribution in [0.3, 0.4) is 0 Å². The number of guanidine groups is 1. The Labute approximate surface area is 121 Å². The zero-order chi connectivity index (χ0) is 13.3. The van der Waals surface area contributed by atoms with E-state index in [-0.39, 0.29) is 0 Å². The van der Waals surface area contributed by atoms with E-state index in [2.05, 4.69) is 52.3 Å². The van der Waals surface area contributed by atoms with Crippen molar-refractivity contribution in [1.82, 2.24) is 5.32 Å². The Hall–Kier alpha value is -0.740. The molecule has 18 heavy (non-hydrogen) atoms. The van der Waals surface area contributed by atoms with Crippen molar-refractivity contribution in [2.24, 2.45) is 4.99 Å². The third kappa shape index (κ3) is 2.64. The Morgan fingerprint density at radius 1 is 1.50 bits per heavy atom. The van der Waals surface area contributed by atoms with Crippen molar-refractivity contribution >= 4 is 39.2 Å². The molecule has 0 saturated carbocycles. The van der Waals surface area contributed by atoms with E-state index in [0.29, 0.717) is 10.9 Å². The zero-order valence-electron chi connectivity index (χ0n) is 10.8. The molecule has 1 aliphatic rings. The fourth-order valence-corrected chi connectivity index (χ4v) is 3.63. The maximum absolute atomic E-state index is 6.31. The quantitative estimate of drug-likeness (QED) is 0.862. The molecule has 0 spiro atoms. The van der Waals surface area contributed by atoms with Crippen LogP contribution >= 0.6 is 27.5 Å². The first-order valence-corrected chi connectivity index (χ1v) is 7.21. The number of nitrogens with zero attached hydrogens (tertiary/aromatic N) is 1. The van der Waals surface area contributed by atoms with Crippen molar-refractivity contribution < 1.29 is 0 Å². The van der Waals surface area contributed by atoms with Crippen LogP contribution in [0.25, 0.3) is 0 Å². The van der Waals surface area contributed by atoms with Gasteiger partial charge in [0.05, 0.1) is 17.3 Å². The predicted octanol–water partition coefficient (Wildman–Crippen LogP) is 3.91. The van der Waals surface area contributed by atoms with E-state index >= 15 is 0 Å². The molecule has 0 fully saturated rings. The van der Waals surface area contributed by atoms with Crippen LogP contribution in [0.2, 0.25) is 5.02 Å². The number of anilines is 1. The molecular weight excluding hydrogens is 314 g/mol. The molecule has 0 aliphatic carbocycles. The Morgan fingerprint density at radius 2 is 2.22 bits per heavy atom. The van der Waals surface area contributed by atoms with Crippen LogP contribution in [0.1, 0.15) is 30.9 Å². The SMILES string of the molecule is Cc1c(NC2=NCCN2)c(Cl)cc(Br)c1C(C)C. The lowest BCUT2D eigenvalue weighted by Gasteiger charge is -2.19. The van der Waals surface area contributed by atoms with Crippen LogP contribution in [0.4, 0.5) is 5.69 Å². The van der Waals surface area contributed by atoms with Crippen LogP contribution in [-0.2, 0) is 0 Å². The molecule has 0 amide bonds. The number of hydrogen-bond acceptors (Lipinski definition) is 3. The molecule has 0 unspecified atom stereocenters. The lowest BCUT2D eigenvalue weighted by molar-refractivity contribution is 0.851. The minimum atomic E-state index is 0.440. The standard InChI is InChI=1S/C13H17BrClN3/c1-7(2)11-8(3)12(10(15)6-9(11)14)18-13-16-4-5-17-13/h6-7H,4-5H2,1-3H3,(H2,16,17,18). The largest absolute Gasteiger partial charge is 0.354 e. The second-order valence-corrected chi connectivity index (χ2v) is 5.95. The van der Waals surface area contributed by atoms with Gasteiger partial charge in [0.2, 0.25) is 0 Å². The van der Waals surface area contributed by atoms with E-state index in [4.69, 9.17) is 11.6 Å². The summed E-state index contributed by atoms with van der Waals surface area (Å²) < 4.78 is 1.06. The molecule has 2 N–H and O–H groups in total. The van der Waals surface area contributed by atoms with Gasteiger partial charge in [-0.15, -0.1) is 0 Å². The van der Waals surface area contributed by atoms with Crippen molar-refractivity contribution in [3.05, 3.63) is 26.7 Å². The molecule has 1 aliphatic heterocycles. The molecule has 2 rings (SSSR count). The average molecular weight is 331 g/mol. The van der Waals surface area contributed by atoms with Crippen LogP contribution in [-0.4, -0.2) is 19.0 Å². The topological polar surface area (TPSA) is 36.4 Å². The second-order valence-electron chi connectivity index (χ2n) is 4.69. The van der Waals surface area contributed by atoms with Crippen LogP contribution in [0.15, 0.2) is 15.5 Å². The molecular formula is C13H17BrClN3. The second kappa shape index (κ2) is 5.49. The van der Waals surface area contributed by atoms with Gasteiger partial charge in [0.1, 0.15) is 0 Å². The monoisotopic (exact) mass is 329 g/mol. The lowest BCUT2D eigenvalue weighted by Crippen LogP contribution is -2.26. The van der Waals surface area contributed by atoms with Crippen LogP contribution < -0.4 is 10.6 Å². The summed E-state index contributed by atoms with van der Waals surface area (Å²) in [6, 6.07) is 1.95. The number of hydrogen-bond donors (Lipinski definition) is 2. The Bertz CT molecular complexity index is 497. The highest BCUT2D eigenvalue weighted by molar-refractivity contribution is 9.10. The molecule has 0 aromatic heterocycles. The average Bonchev–Trinajstić information content (AvgIpc) is 2.75. The first-order chi connectivity index (χ1) is 8.50. The van der Waals surface area contributed by atoms with E-state index in [0.717, 1.165) is 29.2 Å². The van der Waals surface area contributed by atoms with Crippen molar-refractivity contribution in [3.8, 4) is 0 Å². The number of halogens is 2. The number of benzene rings is 1. The first-order valence-electron chi connectivity index (χ1n) is 6.04. The number of nitrogens with one attached hydrogen (secondary N) is 2. The highest BCUT2D eigenvalue weighted by Crippen LogP contribution is 2.37. The smallest absolute Gasteiger partial charge is 0.195 e. The zero-order valence-corrected chi connectivity index (χ0v) is 13.1. The van der Waals surface area contributed by atoms with Gasteiger partial charge in [-0.25, -0.2) is 0 Å². The lowest BCUT2D eigenvalue weighted by atomic mass is 9.97. The summed E-state index contributed by atoms with van der Waals surface area (Å²) in [5.41, 5.74) is 3.39. The molecule has 1 heterocycles. The fourth-order valence-electron chi connectivity index (χ4n) is 2.22. The van der Waals surface area contributed by atoms with Crippen molar-refractivity contribution in [1.29, 1.82) is 0 Å². The Kier molecular flexibility index (Phi) is 4.17. The van der Waals surface area contributed by atoms with E-state index in [1.165, 1.54) is 11.1 Å². The van der Waals surface area contributed by atoms with Gasteiger partial charge in [0.25, 0.3) is 0 Å². The molecule has 0 atom stereocenters. The highest BCUT2D eigenvalue weighted by Gasteiger charge is 2.17. The maximum atomic E-state index is 6.31. The van der Waals surface area contributed by atoms with E-state index in [1.807, 2.05) is 6.07 Å². The van der Waals surface area contributed by atoms with Crippen LogP contribution in [0.5, 0.6) is 0 Å². The predicted molar refractivity (Wildman–Crippen MR) is 81.9 cm³/mol. The molecule has 5 heteroatoms. The van der Waals surface area contributed by atoms with Gasteiger partial charge in [0, 0.05) is 11.0 Å². The van der Waals surface area contributed by atoms with Crippen molar-refractivity contribution in [3.63, 3.8) is 0 Å². The molecule has 98 valence electrons. The van der Waals surface area contributed by atoms with Crippen LogP contribution in [0, 0.1) is 6.92 Å². The Morgan fingerprint density at radius 3 is 2.78 bits per heavy atom. The van der Waals surface area contributed by atoms with E-state index in [9.17, 15) is 0 Å². The Balaban J connectivity index is 2.42. The molecule has 1 aromatic rings. The maximum Gasteiger partial charge on any atom is 0.195 e. The van der Waals surface area contributed by atoms with Gasteiger partial charge in [-0.3, -0.25) is 4.99 Å². The van der Waals surface area contributed by atoms with Gasteiger partial charge in [0.15, 0.2) is 5.96 Å². The molecule has 3 nitrogen and oxygen atoms in total. The van der Waals surface area contributed by atoms with Gasteiger partial charge in [-0.2, -0.15) is 0 Å². The minimum Gasteiger partial charge on any atom is -0.354 e. The van der Waals surface area contributed by atoms with Gasteiger partial charge < -0.3 is 10.6 Å². The van der Waals surface area contributed by atoms with Gasteiger partial charge in [-0.05, 0) is 30.0 Å². The summed E-state index contributed by atoms with van der Waals surface area (Å²) in [7, 11) is 0. The number of aliphatic imine (C=N–C) groups is 1. The molecule has 0 radical (unpaired) electrons. The third-order valence-electron chi connectivity index (χ3n) is 3.02. The normalized spacial score (nSPS) is 14.7. The highest BCUT2D eigenvalue weighted by atomic mass is 79.9. The van der Waals surface area contributed by atoms with Crippen molar-refractivity contribution in [2.75, 3.05) is 18.4 Å². The summed E-state index contributed by atoms with van der Waals surface area (Å²) in [6.45, 7) is 8.13. The van der Waals surface area contributed by atoms with Gasteiger partial charge >= 0.3 is 0 Å².